The van der Waals surface area contributed by atoms with Gasteiger partial charge < -0.3 is 4.90 Å². The second kappa shape index (κ2) is 4.68. The van der Waals surface area contributed by atoms with Crippen molar-refractivity contribution in [3.05, 3.63) is 40.8 Å². The van der Waals surface area contributed by atoms with E-state index in [1.165, 1.54) is 16.1 Å². The number of nitrogens with one attached hydrogen (secondary N) is 1. The molecule has 3 N–H and O–H groups in total. The Morgan fingerprint density at radius 3 is 3.00 bits per heavy atom. The Morgan fingerprint density at radius 1 is 1.29 bits per heavy atom. The van der Waals surface area contributed by atoms with Gasteiger partial charge in [-0.25, -0.2) is 10.8 Å². The van der Waals surface area contributed by atoms with Gasteiger partial charge in [-0.05, 0) is 31.0 Å². The zero-order valence-corrected chi connectivity index (χ0v) is 12.4. The molecule has 0 unspecified atom stereocenters. The van der Waals surface area contributed by atoms with E-state index in [0.29, 0.717) is 5.95 Å². The molecule has 1 aliphatic rings. The topological polar surface area (TPSA) is 67.1 Å². The third kappa shape index (κ3) is 1.95. The number of anilines is 3. The summed E-state index contributed by atoms with van der Waals surface area (Å²) in [6.45, 7) is 3.02. The molecule has 3 aromatic rings. The van der Waals surface area contributed by atoms with Crippen LogP contribution in [0.2, 0.25) is 0 Å². The highest BCUT2D eigenvalue weighted by atomic mass is 32.1. The smallest absolute Gasteiger partial charge is 0.240 e. The van der Waals surface area contributed by atoms with E-state index in [2.05, 4.69) is 57.5 Å². The third-order valence-electron chi connectivity index (χ3n) is 3.77. The average Bonchev–Trinajstić information content (AvgIpc) is 3.08. The van der Waals surface area contributed by atoms with Crippen LogP contribution in [-0.2, 0) is 6.42 Å². The zero-order chi connectivity index (χ0) is 14.4. The monoisotopic (exact) mass is 297 g/mol. The van der Waals surface area contributed by atoms with E-state index in [4.69, 9.17) is 5.84 Å². The summed E-state index contributed by atoms with van der Waals surface area (Å²) in [5.41, 5.74) is 5.16. The molecule has 21 heavy (non-hydrogen) atoms. The number of nitrogens with zero attached hydrogens (tertiary/aromatic N) is 3. The van der Waals surface area contributed by atoms with Crippen LogP contribution in [0.1, 0.15) is 10.4 Å². The summed E-state index contributed by atoms with van der Waals surface area (Å²) in [6.07, 6.45) is 1.04. The normalized spacial score (nSPS) is 13.7. The molecule has 1 aliphatic heterocycles. The molecule has 0 aliphatic carbocycles. The fourth-order valence-electron chi connectivity index (χ4n) is 2.86. The van der Waals surface area contributed by atoms with Gasteiger partial charge in [0.25, 0.3) is 0 Å². The molecule has 1 aromatic carbocycles. The highest BCUT2D eigenvalue weighted by molar-refractivity contribution is 7.18. The van der Waals surface area contributed by atoms with Crippen molar-refractivity contribution in [2.75, 3.05) is 16.9 Å². The molecule has 6 heteroatoms. The number of fused-ring (bicyclic) bond motifs is 2. The van der Waals surface area contributed by atoms with E-state index < -0.39 is 0 Å². The van der Waals surface area contributed by atoms with E-state index in [0.717, 1.165) is 29.0 Å². The van der Waals surface area contributed by atoms with E-state index >= 15 is 0 Å². The standard InChI is InChI=1S/C15H15N5S/c1-9-8-11-13(17-15(19-16)18-14(11)21-9)20-7-6-10-4-2-3-5-12(10)20/h2-5,8H,6-7,16H2,1H3,(H,17,18,19). The summed E-state index contributed by atoms with van der Waals surface area (Å²) in [7, 11) is 0. The largest absolute Gasteiger partial charge is 0.325 e. The van der Waals surface area contributed by atoms with Gasteiger partial charge >= 0.3 is 0 Å². The van der Waals surface area contributed by atoms with Gasteiger partial charge in [-0.2, -0.15) is 4.98 Å². The quantitative estimate of drug-likeness (QED) is 0.562. The highest BCUT2D eigenvalue weighted by Gasteiger charge is 2.24. The molecule has 2 aromatic heterocycles. The van der Waals surface area contributed by atoms with Crippen LogP contribution in [0.5, 0.6) is 0 Å². The Balaban J connectivity index is 1.94. The number of nitrogen functional groups attached to an aromatic ring is 1. The number of thiophene rings is 1. The molecular formula is C15H15N5S. The van der Waals surface area contributed by atoms with Crippen molar-refractivity contribution in [3.8, 4) is 0 Å². The fourth-order valence-corrected chi connectivity index (χ4v) is 3.73. The summed E-state index contributed by atoms with van der Waals surface area (Å²) in [4.78, 5) is 13.5. The lowest BCUT2D eigenvalue weighted by Gasteiger charge is -2.19. The Bertz CT molecular complexity index is 826. The molecular weight excluding hydrogens is 282 g/mol. The SMILES string of the molecule is Cc1cc2c(N3CCc4ccccc43)nc(NN)nc2s1. The maximum atomic E-state index is 5.52. The Kier molecular flexibility index (Phi) is 2.80. The molecule has 106 valence electrons. The first-order chi connectivity index (χ1) is 10.3. The number of aromatic nitrogens is 2. The fraction of sp³-hybridized carbons (Fsp3) is 0.200. The zero-order valence-electron chi connectivity index (χ0n) is 11.6. The predicted molar refractivity (Wildman–Crippen MR) is 87.1 cm³/mol. The Morgan fingerprint density at radius 2 is 2.14 bits per heavy atom. The lowest BCUT2D eigenvalue weighted by molar-refractivity contribution is 0.974. The molecule has 0 saturated carbocycles. The first kappa shape index (κ1) is 12.6. The number of hydrogen-bond donors (Lipinski definition) is 2. The Hall–Kier alpha value is -2.18. The van der Waals surface area contributed by atoms with E-state index in [9.17, 15) is 0 Å². The van der Waals surface area contributed by atoms with Crippen molar-refractivity contribution in [2.24, 2.45) is 5.84 Å². The van der Waals surface area contributed by atoms with Crippen LogP contribution < -0.4 is 16.2 Å². The number of rotatable bonds is 2. The number of benzene rings is 1. The van der Waals surface area contributed by atoms with Gasteiger partial charge in [0.15, 0.2) is 0 Å². The molecule has 0 fully saturated rings. The highest BCUT2D eigenvalue weighted by Crippen LogP contribution is 2.39. The number of para-hydroxylation sites is 1. The van der Waals surface area contributed by atoms with Gasteiger partial charge in [-0.3, -0.25) is 5.43 Å². The van der Waals surface area contributed by atoms with Crippen molar-refractivity contribution in [2.45, 2.75) is 13.3 Å². The first-order valence-corrected chi connectivity index (χ1v) is 7.68. The van der Waals surface area contributed by atoms with Crippen molar-refractivity contribution < 1.29 is 0 Å². The van der Waals surface area contributed by atoms with Gasteiger partial charge in [0.2, 0.25) is 5.95 Å². The van der Waals surface area contributed by atoms with Crippen molar-refractivity contribution in [1.82, 2.24) is 9.97 Å². The Labute approximate surface area is 126 Å². The van der Waals surface area contributed by atoms with E-state index in [1.807, 2.05) is 0 Å². The van der Waals surface area contributed by atoms with Crippen LogP contribution in [0, 0.1) is 6.92 Å². The third-order valence-corrected chi connectivity index (χ3v) is 4.71. The van der Waals surface area contributed by atoms with E-state index in [-0.39, 0.29) is 0 Å². The number of aryl methyl sites for hydroxylation is 1. The minimum Gasteiger partial charge on any atom is -0.325 e. The molecule has 3 heterocycles. The number of hydrazine groups is 1. The molecule has 5 nitrogen and oxygen atoms in total. The van der Waals surface area contributed by atoms with Gasteiger partial charge in [0, 0.05) is 17.1 Å². The molecule has 0 atom stereocenters. The predicted octanol–water partition coefficient (Wildman–Crippen LogP) is 2.98. The average molecular weight is 297 g/mol. The molecule has 0 amide bonds. The maximum Gasteiger partial charge on any atom is 0.240 e. The summed E-state index contributed by atoms with van der Waals surface area (Å²) in [6, 6.07) is 10.6. The van der Waals surface area contributed by atoms with Gasteiger partial charge in [0.05, 0.1) is 5.39 Å². The lowest BCUT2D eigenvalue weighted by atomic mass is 10.2. The second-order valence-electron chi connectivity index (χ2n) is 5.12. The van der Waals surface area contributed by atoms with Crippen LogP contribution in [-0.4, -0.2) is 16.5 Å². The van der Waals surface area contributed by atoms with Gasteiger partial charge in [0.1, 0.15) is 10.6 Å². The summed E-state index contributed by atoms with van der Waals surface area (Å²) < 4.78 is 0. The maximum absolute atomic E-state index is 5.52. The summed E-state index contributed by atoms with van der Waals surface area (Å²) in [5, 5.41) is 1.09. The van der Waals surface area contributed by atoms with E-state index in [1.54, 1.807) is 11.3 Å². The minimum absolute atomic E-state index is 0.462. The minimum atomic E-state index is 0.462. The summed E-state index contributed by atoms with van der Waals surface area (Å²) >= 11 is 1.66. The second-order valence-corrected chi connectivity index (χ2v) is 6.36. The van der Waals surface area contributed by atoms with Crippen molar-refractivity contribution in [3.63, 3.8) is 0 Å². The molecule has 0 saturated heterocycles. The molecule has 0 bridgehead atoms. The number of hydrogen-bond acceptors (Lipinski definition) is 6. The molecule has 4 rings (SSSR count). The van der Waals surface area contributed by atoms with Gasteiger partial charge in [-0.1, -0.05) is 18.2 Å². The van der Waals surface area contributed by atoms with Gasteiger partial charge in [-0.15, -0.1) is 11.3 Å². The van der Waals surface area contributed by atoms with Crippen LogP contribution in [0.15, 0.2) is 30.3 Å². The van der Waals surface area contributed by atoms with Crippen LogP contribution in [0.4, 0.5) is 17.5 Å². The lowest BCUT2D eigenvalue weighted by Crippen LogP contribution is -2.18. The number of nitrogens with two attached hydrogens (primary N) is 1. The van der Waals surface area contributed by atoms with Crippen LogP contribution in [0.3, 0.4) is 0 Å². The van der Waals surface area contributed by atoms with Crippen molar-refractivity contribution >= 4 is 39.0 Å². The van der Waals surface area contributed by atoms with Crippen molar-refractivity contribution in [1.29, 1.82) is 0 Å². The summed E-state index contributed by atoms with van der Waals surface area (Å²) in [5.74, 6) is 6.92. The van der Waals surface area contributed by atoms with Crippen LogP contribution in [0.25, 0.3) is 10.2 Å². The first-order valence-electron chi connectivity index (χ1n) is 6.86. The molecule has 0 spiro atoms. The van der Waals surface area contributed by atoms with Crippen LogP contribution >= 0.6 is 11.3 Å². The molecule has 0 radical (unpaired) electrons.